The zero-order valence-electron chi connectivity index (χ0n) is 9.92. The smallest absolute Gasteiger partial charge is 0.248 e. The Morgan fingerprint density at radius 3 is 3.00 bits per heavy atom. The molecule has 0 radical (unpaired) electrons. The van der Waals surface area contributed by atoms with Crippen LogP contribution >= 0.6 is 23.1 Å². The predicted molar refractivity (Wildman–Crippen MR) is 80.2 cm³/mol. The highest BCUT2D eigenvalue weighted by molar-refractivity contribution is 7.98. The van der Waals surface area contributed by atoms with Crippen LogP contribution in [0.15, 0.2) is 52.1 Å². The van der Waals surface area contributed by atoms with Gasteiger partial charge in [-0.2, -0.15) is 11.3 Å². The zero-order chi connectivity index (χ0) is 12.8. The summed E-state index contributed by atoms with van der Waals surface area (Å²) in [6.45, 7) is 0. The number of carbonyl (C=O) groups is 1. The van der Waals surface area contributed by atoms with Crippen molar-refractivity contribution in [3.8, 4) is 0 Å². The van der Waals surface area contributed by atoms with E-state index in [0.29, 0.717) is 0 Å². The molecule has 1 N–H and O–H groups in total. The zero-order valence-corrected chi connectivity index (χ0v) is 11.6. The van der Waals surface area contributed by atoms with Crippen molar-refractivity contribution in [3.63, 3.8) is 0 Å². The van der Waals surface area contributed by atoms with Gasteiger partial charge in [-0.1, -0.05) is 6.07 Å². The van der Waals surface area contributed by atoms with Gasteiger partial charge in [-0.3, -0.25) is 4.79 Å². The summed E-state index contributed by atoms with van der Waals surface area (Å²) in [7, 11) is 0. The van der Waals surface area contributed by atoms with Gasteiger partial charge in [0.25, 0.3) is 0 Å². The molecular formula is C14H13NOS2. The number of amides is 1. The number of thioether (sulfide) groups is 1. The van der Waals surface area contributed by atoms with Crippen LogP contribution < -0.4 is 5.32 Å². The third-order valence-corrected chi connectivity index (χ3v) is 3.73. The molecule has 0 fully saturated rings. The molecule has 1 amide bonds. The maximum atomic E-state index is 11.7. The number of nitrogens with one attached hydrogen (secondary N) is 1. The minimum absolute atomic E-state index is 0.112. The molecule has 92 valence electrons. The lowest BCUT2D eigenvalue weighted by Gasteiger charge is -2.03. The average Bonchev–Trinajstić information content (AvgIpc) is 2.90. The van der Waals surface area contributed by atoms with E-state index in [9.17, 15) is 4.79 Å². The average molecular weight is 275 g/mol. The van der Waals surface area contributed by atoms with Crippen LogP contribution in [0.4, 0.5) is 5.69 Å². The summed E-state index contributed by atoms with van der Waals surface area (Å²) in [4.78, 5) is 12.8. The molecule has 1 aromatic heterocycles. The maximum Gasteiger partial charge on any atom is 0.248 e. The molecular weight excluding hydrogens is 262 g/mol. The number of thiophene rings is 1. The highest BCUT2D eigenvalue weighted by Gasteiger charge is 1.98. The van der Waals surface area contributed by atoms with Crippen molar-refractivity contribution < 1.29 is 4.79 Å². The van der Waals surface area contributed by atoms with Crippen molar-refractivity contribution >= 4 is 40.8 Å². The van der Waals surface area contributed by atoms with E-state index in [0.717, 1.165) is 16.1 Å². The van der Waals surface area contributed by atoms with Crippen molar-refractivity contribution in [3.05, 3.63) is 52.7 Å². The molecule has 1 heterocycles. The number of anilines is 1. The van der Waals surface area contributed by atoms with Crippen molar-refractivity contribution in [2.45, 2.75) is 4.90 Å². The molecule has 0 atom stereocenters. The lowest BCUT2D eigenvalue weighted by molar-refractivity contribution is -0.111. The van der Waals surface area contributed by atoms with Crippen molar-refractivity contribution in [1.29, 1.82) is 0 Å². The Balaban J connectivity index is 1.98. The molecule has 0 spiro atoms. The Morgan fingerprint density at radius 1 is 1.39 bits per heavy atom. The summed E-state index contributed by atoms with van der Waals surface area (Å²) in [5.41, 5.74) is 1.87. The molecule has 18 heavy (non-hydrogen) atoms. The van der Waals surface area contributed by atoms with E-state index in [2.05, 4.69) is 5.32 Å². The third-order valence-electron chi connectivity index (χ3n) is 2.31. The van der Waals surface area contributed by atoms with Gasteiger partial charge in [0.1, 0.15) is 0 Å². The van der Waals surface area contributed by atoms with Gasteiger partial charge in [-0.05, 0) is 52.9 Å². The van der Waals surface area contributed by atoms with E-state index in [1.54, 1.807) is 29.2 Å². The van der Waals surface area contributed by atoms with E-state index in [1.807, 2.05) is 53.4 Å². The summed E-state index contributed by atoms with van der Waals surface area (Å²) in [6.07, 6.45) is 5.37. The number of hydrogen-bond acceptors (Lipinski definition) is 3. The van der Waals surface area contributed by atoms with E-state index < -0.39 is 0 Å². The second-order valence-electron chi connectivity index (χ2n) is 3.61. The highest BCUT2D eigenvalue weighted by atomic mass is 32.2. The fourth-order valence-electron chi connectivity index (χ4n) is 1.43. The van der Waals surface area contributed by atoms with Gasteiger partial charge in [-0.15, -0.1) is 11.8 Å². The Kier molecular flexibility index (Phi) is 4.61. The van der Waals surface area contributed by atoms with Crippen molar-refractivity contribution in [2.24, 2.45) is 0 Å². The molecule has 0 aliphatic rings. The second-order valence-corrected chi connectivity index (χ2v) is 5.27. The number of carbonyl (C=O) groups excluding carboxylic acids is 1. The van der Waals surface area contributed by atoms with Crippen LogP contribution in [0.25, 0.3) is 6.08 Å². The monoisotopic (exact) mass is 275 g/mol. The minimum atomic E-state index is -0.112. The first-order valence-corrected chi connectivity index (χ1v) is 7.60. The summed E-state index contributed by atoms with van der Waals surface area (Å²) in [6, 6.07) is 9.77. The lowest BCUT2D eigenvalue weighted by atomic mass is 10.3. The molecule has 0 saturated carbocycles. The summed E-state index contributed by atoms with van der Waals surface area (Å²) >= 11 is 3.27. The summed E-state index contributed by atoms with van der Waals surface area (Å²) in [5, 5.41) is 6.83. The Bertz CT molecular complexity index is 547. The summed E-state index contributed by atoms with van der Waals surface area (Å²) < 4.78 is 0. The van der Waals surface area contributed by atoms with Crippen LogP contribution in [0.5, 0.6) is 0 Å². The molecule has 0 unspecified atom stereocenters. The van der Waals surface area contributed by atoms with E-state index in [1.165, 1.54) is 0 Å². The molecule has 0 bridgehead atoms. The molecule has 0 aliphatic heterocycles. The van der Waals surface area contributed by atoms with Gasteiger partial charge in [0.05, 0.1) is 0 Å². The standard InChI is InChI=1S/C14H13NOS2/c1-17-13-4-2-3-12(9-13)15-14(16)6-5-11-7-8-18-10-11/h2-10H,1H3,(H,15,16)/b6-5+. The molecule has 1 aromatic carbocycles. The first-order chi connectivity index (χ1) is 8.78. The summed E-state index contributed by atoms with van der Waals surface area (Å²) in [5.74, 6) is -0.112. The number of rotatable bonds is 4. The number of hydrogen-bond donors (Lipinski definition) is 1. The van der Waals surface area contributed by atoms with Crippen LogP contribution in [0, 0.1) is 0 Å². The molecule has 4 heteroatoms. The molecule has 2 nitrogen and oxygen atoms in total. The SMILES string of the molecule is CSc1cccc(NC(=O)/C=C/c2ccsc2)c1. The van der Waals surface area contributed by atoms with E-state index in [4.69, 9.17) is 0 Å². The Morgan fingerprint density at radius 2 is 2.28 bits per heavy atom. The van der Waals surface area contributed by atoms with Crippen LogP contribution in [-0.4, -0.2) is 12.2 Å². The lowest BCUT2D eigenvalue weighted by Crippen LogP contribution is -2.07. The fourth-order valence-corrected chi connectivity index (χ4v) is 2.51. The van der Waals surface area contributed by atoms with E-state index >= 15 is 0 Å². The van der Waals surface area contributed by atoms with Crippen molar-refractivity contribution in [2.75, 3.05) is 11.6 Å². The fraction of sp³-hybridized carbons (Fsp3) is 0.0714. The molecule has 0 aliphatic carbocycles. The van der Waals surface area contributed by atoms with Gasteiger partial charge < -0.3 is 5.32 Å². The quantitative estimate of drug-likeness (QED) is 0.671. The van der Waals surface area contributed by atoms with Crippen LogP contribution in [0.3, 0.4) is 0 Å². The van der Waals surface area contributed by atoms with Gasteiger partial charge in [0.2, 0.25) is 5.91 Å². The Hall–Kier alpha value is -1.52. The first-order valence-electron chi connectivity index (χ1n) is 5.43. The topological polar surface area (TPSA) is 29.1 Å². The second kappa shape index (κ2) is 6.42. The Labute approximate surface area is 115 Å². The van der Waals surface area contributed by atoms with Crippen molar-refractivity contribution in [1.82, 2.24) is 0 Å². The van der Waals surface area contributed by atoms with Gasteiger partial charge >= 0.3 is 0 Å². The van der Waals surface area contributed by atoms with Gasteiger partial charge in [0, 0.05) is 16.7 Å². The van der Waals surface area contributed by atoms with E-state index in [-0.39, 0.29) is 5.91 Å². The number of benzene rings is 1. The van der Waals surface area contributed by atoms with Crippen LogP contribution in [0.1, 0.15) is 5.56 Å². The highest BCUT2D eigenvalue weighted by Crippen LogP contribution is 2.19. The maximum absolute atomic E-state index is 11.7. The largest absolute Gasteiger partial charge is 0.322 e. The van der Waals surface area contributed by atoms with Gasteiger partial charge in [0.15, 0.2) is 0 Å². The van der Waals surface area contributed by atoms with Crippen LogP contribution in [-0.2, 0) is 4.79 Å². The predicted octanol–water partition coefficient (Wildman–Crippen LogP) is 4.12. The molecule has 0 saturated heterocycles. The normalized spacial score (nSPS) is 10.7. The first kappa shape index (κ1) is 12.9. The molecule has 2 rings (SSSR count). The molecule has 2 aromatic rings. The third kappa shape index (κ3) is 3.75. The van der Waals surface area contributed by atoms with Crippen LogP contribution in [0.2, 0.25) is 0 Å². The minimum Gasteiger partial charge on any atom is -0.322 e. The van der Waals surface area contributed by atoms with Gasteiger partial charge in [-0.25, -0.2) is 0 Å².